The van der Waals surface area contributed by atoms with Gasteiger partial charge in [-0.3, -0.25) is 23.4 Å². The van der Waals surface area contributed by atoms with Gasteiger partial charge in [0, 0.05) is 73.0 Å². The zero-order valence-electron chi connectivity index (χ0n) is 73.1. The van der Waals surface area contributed by atoms with E-state index in [1.165, 1.54) is 48.5 Å². The van der Waals surface area contributed by atoms with Gasteiger partial charge in [-0.15, -0.1) is 0 Å². The number of halogens is 2. The third kappa shape index (κ3) is 28.3. The topological polar surface area (TPSA) is 249 Å². The van der Waals surface area contributed by atoms with Gasteiger partial charge in [0.1, 0.15) is 40.9 Å². The van der Waals surface area contributed by atoms with Crippen molar-refractivity contribution < 1.29 is 88.3 Å². The summed E-state index contributed by atoms with van der Waals surface area (Å²) in [6, 6.07) is 52.5. The molecule has 0 unspecified atom stereocenters. The Bertz CT molecular complexity index is 4940. The molecular formula is C97H122F2N4O17S. The Morgan fingerprint density at radius 1 is 0.496 bits per heavy atom. The van der Waals surface area contributed by atoms with E-state index < -0.39 is 32.9 Å². The minimum absolute atomic E-state index is 0.0518. The molecule has 0 saturated carbocycles. The number of esters is 2. The molecule has 4 heterocycles. The van der Waals surface area contributed by atoms with Crippen LogP contribution in [0.15, 0.2) is 187 Å². The fourth-order valence-corrected chi connectivity index (χ4v) is 15.9. The first-order valence-corrected chi connectivity index (χ1v) is 43.3. The summed E-state index contributed by atoms with van der Waals surface area (Å²) in [4.78, 5) is 54.8. The zero-order valence-corrected chi connectivity index (χ0v) is 74.0. The fraction of sp³-hybridized carbons (Fsp3) is 0.443. The molecule has 2 aliphatic rings. The monoisotopic (exact) mass is 1680 g/mol. The van der Waals surface area contributed by atoms with Gasteiger partial charge in [0.2, 0.25) is 0 Å². The maximum atomic E-state index is 14.7. The van der Waals surface area contributed by atoms with Crippen LogP contribution in [0.2, 0.25) is 0 Å². The zero-order chi connectivity index (χ0) is 88.0. The molecule has 2 amide bonds. The molecule has 2 aromatic heterocycles. The molecule has 9 aromatic rings. The molecule has 2 aliphatic heterocycles. The lowest BCUT2D eigenvalue weighted by molar-refractivity contribution is -0.301. The number of aromatic hydroxyl groups is 1. The molecule has 2 saturated heterocycles. The number of anilines is 2. The van der Waals surface area contributed by atoms with Gasteiger partial charge < -0.3 is 67.5 Å². The summed E-state index contributed by atoms with van der Waals surface area (Å²) in [5, 5.41) is 16.0. The van der Waals surface area contributed by atoms with Crippen LogP contribution in [0.3, 0.4) is 0 Å². The highest BCUT2D eigenvalue weighted by Crippen LogP contribution is 2.46. The van der Waals surface area contributed by atoms with Crippen molar-refractivity contribution in [3.8, 4) is 56.3 Å². The Hall–Kier alpha value is -9.89. The first-order chi connectivity index (χ1) is 57.3. The van der Waals surface area contributed by atoms with Gasteiger partial charge in [-0.2, -0.15) is 8.42 Å². The van der Waals surface area contributed by atoms with E-state index in [2.05, 4.69) is 54.4 Å². The Morgan fingerprint density at radius 3 is 1.26 bits per heavy atom. The molecule has 3 N–H and O–H groups in total. The van der Waals surface area contributed by atoms with Crippen molar-refractivity contribution >= 4 is 45.2 Å². The second kappa shape index (κ2) is 43.2. The molecule has 7 aromatic carbocycles. The van der Waals surface area contributed by atoms with Gasteiger partial charge >= 0.3 is 11.9 Å². The number of nitrogens with zero attached hydrogens (tertiary/aromatic N) is 2. The predicted molar refractivity (Wildman–Crippen MR) is 468 cm³/mol. The molecule has 11 rings (SSSR count). The van der Waals surface area contributed by atoms with Crippen LogP contribution in [-0.4, -0.2) is 133 Å². The maximum absolute atomic E-state index is 14.7. The van der Waals surface area contributed by atoms with Crippen LogP contribution in [-0.2, 0) is 74.9 Å². The number of hydrogen-bond donors (Lipinski definition) is 3. The molecule has 21 nitrogen and oxygen atoms in total. The van der Waals surface area contributed by atoms with E-state index in [0.717, 1.165) is 74.6 Å². The molecular weight excluding hydrogens is 1560 g/mol. The second-order valence-electron chi connectivity index (χ2n) is 33.9. The number of phenolic OH excluding ortho intramolecular Hbond substituents is 1. The average Bonchev–Trinajstić information content (AvgIpc) is 1.59. The van der Waals surface area contributed by atoms with Gasteiger partial charge in [0.05, 0.1) is 84.5 Å². The number of rotatable bonds is 33. The summed E-state index contributed by atoms with van der Waals surface area (Å²) >= 11 is 0. The summed E-state index contributed by atoms with van der Waals surface area (Å²) < 4.78 is 114. The van der Waals surface area contributed by atoms with Crippen LogP contribution in [0, 0.1) is 18.6 Å². The lowest BCUT2D eigenvalue weighted by Gasteiger charge is -2.41. The van der Waals surface area contributed by atoms with E-state index in [1.807, 2.05) is 168 Å². The smallest absolute Gasteiger partial charge is 0.308 e. The normalized spacial score (nSPS) is 16.4. The number of carbonyl (C=O) groups is 4. The van der Waals surface area contributed by atoms with Crippen LogP contribution in [0.25, 0.3) is 44.8 Å². The lowest BCUT2D eigenvalue weighted by Crippen LogP contribution is -2.46. The molecule has 0 radical (unpaired) electrons. The number of aryl methyl sites for hydroxylation is 1. The second-order valence-corrected chi connectivity index (χ2v) is 35.5. The highest BCUT2D eigenvalue weighted by Gasteiger charge is 2.41. The molecule has 0 bridgehead atoms. The summed E-state index contributed by atoms with van der Waals surface area (Å²) in [6.45, 7) is 36.2. The largest absolute Gasteiger partial charge is 0.508 e. The number of benzene rings is 7. The Labute approximate surface area is 713 Å². The summed E-state index contributed by atoms with van der Waals surface area (Å²) in [5.41, 5.74) is 10.1. The average molecular weight is 1690 g/mol. The Balaban J connectivity index is 0.000000231. The van der Waals surface area contributed by atoms with Crippen molar-refractivity contribution in [3.63, 3.8) is 0 Å². The molecule has 0 aliphatic carbocycles. The molecule has 24 heteroatoms. The van der Waals surface area contributed by atoms with E-state index in [-0.39, 0.29) is 102 Å². The van der Waals surface area contributed by atoms with Crippen LogP contribution in [0.5, 0.6) is 11.5 Å². The van der Waals surface area contributed by atoms with Gasteiger partial charge in [0.15, 0.2) is 11.6 Å². The number of nitrogens with one attached hydrogen (secondary N) is 2. The van der Waals surface area contributed by atoms with Crippen molar-refractivity contribution in [2.24, 2.45) is 0 Å². The molecule has 2 fully saturated rings. The quantitative estimate of drug-likeness (QED) is 0.0150. The maximum Gasteiger partial charge on any atom is 0.308 e. The number of carbonyl (C=O) groups excluding carboxylic acids is 4. The summed E-state index contributed by atoms with van der Waals surface area (Å²) in [6.07, 6.45) is 2.93. The number of hydrogen-bond acceptors (Lipinski definition) is 17. The molecule has 652 valence electrons. The first kappa shape index (κ1) is 95.0. The van der Waals surface area contributed by atoms with E-state index in [9.17, 15) is 41.5 Å². The van der Waals surface area contributed by atoms with Gasteiger partial charge in [-0.25, -0.2) is 8.78 Å². The SMILES string of the molecule is CC(C)c1c(C(=O)Nc2ccc(O)cc2)c(-c2ccccc2)c(-c2ccc(F)cc2)n1CC[C@@H]1C[C@H](CC(=O)OC(C)(C)C)OC(C)(C)O1.CCCOCCOS(=O)(=O)c1ccc(C)cc1.CCCOCCOc1ccc(NC(=O)c2c(-c3ccccc3)c(-c3ccc(F)cc3)n(CC[C@@H]3C[C@H](CC(=O)OC(C)(C)C)OC(C)(C)O3)c2C(C)C)cc1. The van der Waals surface area contributed by atoms with E-state index in [0.29, 0.717) is 100 Å². The van der Waals surface area contributed by atoms with Crippen molar-refractivity contribution in [1.29, 1.82) is 0 Å². The van der Waals surface area contributed by atoms with Crippen LogP contribution in [0.4, 0.5) is 20.2 Å². The number of phenols is 1. The van der Waals surface area contributed by atoms with E-state index in [4.69, 9.17) is 46.8 Å². The standard InChI is InChI=1S/C45H57FN2O7.C40H47FN2O6.C12H18O4S/c1-9-25-51-26-27-52-35-21-19-34(20-22-35)47-43(50)40-39(31-13-11-10-12-14-31)42(32-15-17-33(46)18-16-32)48(41(40)30(2)3)24-23-36-28-37(54-45(7,8)53-36)29-38(49)55-44(4,5)6;1-25(2)36-35(38(46)42-29-17-19-30(44)20-18-29)34(26-11-9-8-10-12-26)37(27-13-15-28(41)16-14-27)43(36)22-21-31-23-32(48-40(6,7)47-31)24-33(45)49-39(3,4)5;1-3-8-15-9-10-16-17(13,14)12-6-4-11(2)5-7-12/h10-22,30,36-37H,9,23-29H2,1-8H3,(H,47,50);8-20,25,31-32,44H,21-24H2,1-7H3,(H,42,46);4-7H,3,8-10H2,1-2H3/t36-,37-;31-,32-;/m11./s1. The molecule has 121 heavy (non-hydrogen) atoms. The van der Waals surface area contributed by atoms with Crippen LogP contribution < -0.4 is 15.4 Å². The van der Waals surface area contributed by atoms with Crippen LogP contribution in [0.1, 0.15) is 212 Å². The van der Waals surface area contributed by atoms with Gasteiger partial charge in [-0.1, -0.05) is 120 Å². The predicted octanol–water partition coefficient (Wildman–Crippen LogP) is 21.4. The van der Waals surface area contributed by atoms with Crippen molar-refractivity contribution in [2.45, 2.75) is 246 Å². The first-order valence-electron chi connectivity index (χ1n) is 41.9. The highest BCUT2D eigenvalue weighted by atomic mass is 32.2. The number of aromatic nitrogens is 2. The molecule has 0 spiro atoms. The number of amides is 2. The Morgan fingerprint density at radius 2 is 0.876 bits per heavy atom. The van der Waals surface area contributed by atoms with Gasteiger partial charge in [0.25, 0.3) is 21.9 Å². The minimum atomic E-state index is -3.64. The molecule has 4 atom stereocenters. The van der Waals surface area contributed by atoms with Gasteiger partial charge in [-0.05, 0) is 245 Å². The minimum Gasteiger partial charge on any atom is -0.508 e. The van der Waals surface area contributed by atoms with E-state index >= 15 is 0 Å². The summed E-state index contributed by atoms with van der Waals surface area (Å²) in [5.74, 6) is -3.10. The summed E-state index contributed by atoms with van der Waals surface area (Å²) in [7, 11) is -3.64. The highest BCUT2D eigenvalue weighted by molar-refractivity contribution is 7.86. The van der Waals surface area contributed by atoms with Crippen molar-refractivity contribution in [2.75, 3.05) is 50.3 Å². The third-order valence-electron chi connectivity index (χ3n) is 19.6. The third-order valence-corrected chi connectivity index (χ3v) is 20.9. The lowest BCUT2D eigenvalue weighted by atomic mass is 9.94. The van der Waals surface area contributed by atoms with Crippen LogP contribution >= 0.6 is 0 Å². The fourth-order valence-electron chi connectivity index (χ4n) is 15.0. The Kier molecular flexibility index (Phi) is 33.9. The van der Waals surface area contributed by atoms with Crippen molar-refractivity contribution in [3.05, 3.63) is 222 Å². The van der Waals surface area contributed by atoms with E-state index in [1.54, 1.807) is 48.5 Å². The number of ether oxygens (including phenoxy) is 9. The van der Waals surface area contributed by atoms with Crippen molar-refractivity contribution in [1.82, 2.24) is 9.13 Å².